The van der Waals surface area contributed by atoms with Gasteiger partial charge in [0.25, 0.3) is 0 Å². The second-order valence-electron chi connectivity index (χ2n) is 4.47. The third kappa shape index (κ3) is 4.02. The van der Waals surface area contributed by atoms with Gasteiger partial charge in [0.05, 0.1) is 12.2 Å². The highest BCUT2D eigenvalue weighted by Crippen LogP contribution is 2.16. The molecule has 0 bridgehead atoms. The predicted octanol–water partition coefficient (Wildman–Crippen LogP) is 2.87. The van der Waals surface area contributed by atoms with Crippen LogP contribution in [0.25, 0.3) is 0 Å². The van der Waals surface area contributed by atoms with Crippen molar-refractivity contribution in [1.82, 2.24) is 15.1 Å². The fourth-order valence-corrected chi connectivity index (χ4v) is 2.58. The summed E-state index contributed by atoms with van der Waals surface area (Å²) in [6.07, 6.45) is 5.44. The summed E-state index contributed by atoms with van der Waals surface area (Å²) in [6, 6.07) is 0. The largest absolute Gasteiger partial charge is 0.313 e. The zero-order valence-electron chi connectivity index (χ0n) is 12.3. The Kier molecular flexibility index (Phi) is 7.44. The van der Waals surface area contributed by atoms with E-state index in [1.807, 2.05) is 11.8 Å². The molecule has 0 fully saturated rings. The topological polar surface area (TPSA) is 29.9 Å². The highest BCUT2D eigenvalue weighted by Gasteiger charge is 2.14. The summed E-state index contributed by atoms with van der Waals surface area (Å²) in [4.78, 5) is 0. The van der Waals surface area contributed by atoms with Gasteiger partial charge < -0.3 is 5.32 Å². The molecular weight excluding hydrogens is 242 g/mol. The number of rotatable bonds is 9. The molecule has 0 aliphatic heterocycles. The van der Waals surface area contributed by atoms with E-state index >= 15 is 0 Å². The third-order valence-corrected chi connectivity index (χ3v) is 3.75. The van der Waals surface area contributed by atoms with Crippen molar-refractivity contribution >= 4 is 11.8 Å². The Morgan fingerprint density at radius 1 is 1.22 bits per heavy atom. The van der Waals surface area contributed by atoms with Gasteiger partial charge in [-0.15, -0.1) is 0 Å². The van der Waals surface area contributed by atoms with Gasteiger partial charge in [0.1, 0.15) is 0 Å². The first kappa shape index (κ1) is 15.6. The molecule has 1 rings (SSSR count). The van der Waals surface area contributed by atoms with Crippen LogP contribution in [0.3, 0.4) is 0 Å². The first-order valence-corrected chi connectivity index (χ1v) is 8.44. The lowest BCUT2D eigenvalue weighted by atomic mass is 10.1. The van der Waals surface area contributed by atoms with Gasteiger partial charge in [-0.2, -0.15) is 16.9 Å². The SMILES string of the molecule is CCCNCc1c(CC)nn(CCSC)c1CC. The highest BCUT2D eigenvalue weighted by atomic mass is 32.2. The average Bonchev–Trinajstić information content (AvgIpc) is 2.73. The maximum atomic E-state index is 4.78. The minimum atomic E-state index is 0.972. The quantitative estimate of drug-likeness (QED) is 0.699. The highest BCUT2D eigenvalue weighted by molar-refractivity contribution is 7.98. The van der Waals surface area contributed by atoms with Gasteiger partial charge >= 0.3 is 0 Å². The summed E-state index contributed by atoms with van der Waals surface area (Å²) in [6.45, 7) is 9.72. The molecule has 4 heteroatoms. The number of nitrogens with one attached hydrogen (secondary N) is 1. The van der Waals surface area contributed by atoms with Crippen LogP contribution in [0.1, 0.15) is 44.1 Å². The summed E-state index contributed by atoms with van der Waals surface area (Å²) in [5, 5.41) is 8.29. The Morgan fingerprint density at radius 3 is 2.56 bits per heavy atom. The Balaban J connectivity index is 2.86. The zero-order chi connectivity index (χ0) is 13.4. The van der Waals surface area contributed by atoms with E-state index in [4.69, 9.17) is 5.10 Å². The normalized spacial score (nSPS) is 11.1. The second kappa shape index (κ2) is 8.59. The van der Waals surface area contributed by atoms with Crippen molar-refractivity contribution < 1.29 is 0 Å². The lowest BCUT2D eigenvalue weighted by Crippen LogP contribution is -2.16. The van der Waals surface area contributed by atoms with Crippen molar-refractivity contribution in [3.8, 4) is 0 Å². The molecule has 1 N–H and O–H groups in total. The molecular formula is C14H27N3S. The van der Waals surface area contributed by atoms with E-state index in [1.165, 1.54) is 23.4 Å². The molecule has 0 aliphatic rings. The Morgan fingerprint density at radius 2 is 2.00 bits per heavy atom. The molecule has 0 spiro atoms. The number of aryl methyl sites for hydroxylation is 2. The molecule has 18 heavy (non-hydrogen) atoms. The number of hydrogen-bond donors (Lipinski definition) is 1. The number of aromatic nitrogens is 2. The van der Waals surface area contributed by atoms with Gasteiger partial charge in [-0.25, -0.2) is 0 Å². The van der Waals surface area contributed by atoms with Crippen LogP contribution in [0.5, 0.6) is 0 Å². The van der Waals surface area contributed by atoms with Gasteiger partial charge in [-0.1, -0.05) is 20.8 Å². The van der Waals surface area contributed by atoms with Crippen LogP contribution in [-0.2, 0) is 25.9 Å². The molecule has 0 amide bonds. The van der Waals surface area contributed by atoms with E-state index < -0.39 is 0 Å². The standard InChI is InChI=1S/C14H27N3S/c1-5-8-15-11-12-13(6-2)16-17(9-10-18-4)14(12)7-3/h15H,5-11H2,1-4H3. The van der Waals surface area contributed by atoms with E-state index in [2.05, 4.69) is 37.0 Å². The predicted molar refractivity (Wildman–Crippen MR) is 81.4 cm³/mol. The van der Waals surface area contributed by atoms with E-state index in [9.17, 15) is 0 Å². The summed E-state index contributed by atoms with van der Waals surface area (Å²) in [7, 11) is 0. The summed E-state index contributed by atoms with van der Waals surface area (Å²) in [5.74, 6) is 1.14. The van der Waals surface area contributed by atoms with Crippen molar-refractivity contribution in [2.45, 2.75) is 53.1 Å². The molecule has 1 aromatic heterocycles. The van der Waals surface area contributed by atoms with Crippen molar-refractivity contribution in [3.63, 3.8) is 0 Å². The van der Waals surface area contributed by atoms with Crippen LogP contribution in [0.2, 0.25) is 0 Å². The molecule has 0 radical (unpaired) electrons. The van der Waals surface area contributed by atoms with Gasteiger partial charge in [-0.05, 0) is 32.1 Å². The lowest BCUT2D eigenvalue weighted by molar-refractivity contribution is 0.619. The molecule has 0 unspecified atom stereocenters. The molecule has 1 heterocycles. The zero-order valence-corrected chi connectivity index (χ0v) is 13.1. The molecule has 0 aromatic carbocycles. The van der Waals surface area contributed by atoms with E-state index in [-0.39, 0.29) is 0 Å². The van der Waals surface area contributed by atoms with Gasteiger partial charge in [0.2, 0.25) is 0 Å². The molecule has 0 aliphatic carbocycles. The van der Waals surface area contributed by atoms with E-state index in [0.717, 1.165) is 38.2 Å². The summed E-state index contributed by atoms with van der Waals surface area (Å²) < 4.78 is 2.22. The van der Waals surface area contributed by atoms with Crippen LogP contribution in [-0.4, -0.2) is 28.3 Å². The fourth-order valence-electron chi connectivity index (χ4n) is 2.23. The Hall–Kier alpha value is -0.480. The minimum Gasteiger partial charge on any atom is -0.313 e. The van der Waals surface area contributed by atoms with Gasteiger partial charge in [0, 0.05) is 23.6 Å². The Bertz CT molecular complexity index is 347. The first-order valence-electron chi connectivity index (χ1n) is 7.05. The lowest BCUT2D eigenvalue weighted by Gasteiger charge is -2.08. The van der Waals surface area contributed by atoms with Crippen molar-refractivity contribution in [1.29, 1.82) is 0 Å². The van der Waals surface area contributed by atoms with E-state index in [1.54, 1.807) is 0 Å². The smallest absolute Gasteiger partial charge is 0.0669 e. The Labute approximate surface area is 116 Å². The number of thioether (sulfide) groups is 1. The van der Waals surface area contributed by atoms with Crippen molar-refractivity contribution in [2.24, 2.45) is 0 Å². The molecule has 0 saturated heterocycles. The fraction of sp³-hybridized carbons (Fsp3) is 0.786. The van der Waals surface area contributed by atoms with Crippen LogP contribution >= 0.6 is 11.8 Å². The van der Waals surface area contributed by atoms with Crippen LogP contribution in [0.15, 0.2) is 0 Å². The maximum absolute atomic E-state index is 4.78. The van der Waals surface area contributed by atoms with Crippen LogP contribution < -0.4 is 5.32 Å². The van der Waals surface area contributed by atoms with Gasteiger partial charge in [0.15, 0.2) is 0 Å². The van der Waals surface area contributed by atoms with Crippen molar-refractivity contribution in [3.05, 3.63) is 17.0 Å². The first-order chi connectivity index (χ1) is 8.78. The summed E-state index contributed by atoms with van der Waals surface area (Å²) >= 11 is 1.88. The van der Waals surface area contributed by atoms with Crippen LogP contribution in [0.4, 0.5) is 0 Å². The molecule has 0 saturated carbocycles. The molecule has 3 nitrogen and oxygen atoms in total. The minimum absolute atomic E-state index is 0.972. The second-order valence-corrected chi connectivity index (χ2v) is 5.46. The maximum Gasteiger partial charge on any atom is 0.0669 e. The molecule has 1 aromatic rings. The average molecular weight is 269 g/mol. The number of nitrogens with zero attached hydrogens (tertiary/aromatic N) is 2. The third-order valence-electron chi connectivity index (χ3n) is 3.16. The van der Waals surface area contributed by atoms with E-state index in [0.29, 0.717) is 0 Å². The van der Waals surface area contributed by atoms with Crippen molar-refractivity contribution in [2.75, 3.05) is 18.6 Å². The molecule has 104 valence electrons. The van der Waals surface area contributed by atoms with Gasteiger partial charge in [-0.3, -0.25) is 4.68 Å². The monoisotopic (exact) mass is 269 g/mol. The number of hydrogen-bond acceptors (Lipinski definition) is 3. The summed E-state index contributed by atoms with van der Waals surface area (Å²) in [5.41, 5.74) is 4.13. The molecule has 0 atom stereocenters. The van der Waals surface area contributed by atoms with Crippen LogP contribution in [0, 0.1) is 0 Å².